The molecule has 0 spiro atoms. The lowest BCUT2D eigenvalue weighted by Crippen LogP contribution is -2.06. The van der Waals surface area contributed by atoms with Crippen LogP contribution in [0.5, 0.6) is 0 Å². The fourth-order valence-corrected chi connectivity index (χ4v) is 1.46. The molecule has 14 heavy (non-hydrogen) atoms. The molecule has 0 aliphatic rings. The van der Waals surface area contributed by atoms with Gasteiger partial charge in [0.05, 0.1) is 5.69 Å². The minimum atomic E-state index is -0.0804. The highest BCUT2D eigenvalue weighted by Crippen LogP contribution is 2.20. The molecule has 0 fully saturated rings. The number of nitrogens with one attached hydrogen (secondary N) is 1. The molecule has 0 aliphatic carbocycles. The normalized spacial score (nSPS) is 10.4. The molecule has 0 saturated carbocycles. The number of carbonyl (C=O) groups is 1. The largest absolute Gasteiger partial charge is 0.324 e. The van der Waals surface area contributed by atoms with Crippen LogP contribution < -0.4 is 5.32 Å². The van der Waals surface area contributed by atoms with E-state index in [2.05, 4.69) is 10.4 Å². The monoisotopic (exact) mass is 189 g/mol. The average Bonchev–Trinajstić information content (AvgIpc) is 2.45. The van der Waals surface area contributed by atoms with Crippen molar-refractivity contribution in [1.82, 2.24) is 9.78 Å². The van der Waals surface area contributed by atoms with E-state index in [1.54, 1.807) is 4.68 Å². The number of aromatic nitrogens is 2. The van der Waals surface area contributed by atoms with Crippen LogP contribution in [0.4, 0.5) is 5.69 Å². The van der Waals surface area contributed by atoms with Crippen molar-refractivity contribution in [1.29, 1.82) is 0 Å². The van der Waals surface area contributed by atoms with Gasteiger partial charge in [0.1, 0.15) is 5.52 Å². The Bertz CT molecular complexity index is 487. The quantitative estimate of drug-likeness (QED) is 0.739. The molecule has 2 aromatic rings. The van der Waals surface area contributed by atoms with Gasteiger partial charge >= 0.3 is 0 Å². The van der Waals surface area contributed by atoms with E-state index in [9.17, 15) is 4.79 Å². The van der Waals surface area contributed by atoms with E-state index in [1.165, 1.54) is 6.92 Å². The molecule has 1 aromatic heterocycles. The third-order valence-electron chi connectivity index (χ3n) is 1.96. The highest BCUT2D eigenvalue weighted by Gasteiger charge is 2.04. The Morgan fingerprint density at radius 1 is 1.50 bits per heavy atom. The zero-order valence-corrected chi connectivity index (χ0v) is 8.11. The van der Waals surface area contributed by atoms with Gasteiger partial charge in [0, 0.05) is 25.6 Å². The van der Waals surface area contributed by atoms with E-state index in [0.29, 0.717) is 0 Å². The lowest BCUT2D eigenvalue weighted by molar-refractivity contribution is -0.114. The summed E-state index contributed by atoms with van der Waals surface area (Å²) in [5.41, 5.74) is 1.58. The first-order valence-electron chi connectivity index (χ1n) is 4.37. The molecule has 0 unspecified atom stereocenters. The molecule has 4 nitrogen and oxygen atoms in total. The van der Waals surface area contributed by atoms with Crippen molar-refractivity contribution in [3.63, 3.8) is 0 Å². The first kappa shape index (κ1) is 8.74. The number of carbonyl (C=O) groups excluding carboxylic acids is 1. The van der Waals surface area contributed by atoms with Gasteiger partial charge in [-0.05, 0) is 6.07 Å². The predicted molar refractivity (Wildman–Crippen MR) is 55.0 cm³/mol. The number of aryl methyl sites for hydroxylation is 1. The van der Waals surface area contributed by atoms with E-state index in [4.69, 9.17) is 0 Å². The molecule has 1 N–H and O–H groups in total. The highest BCUT2D eigenvalue weighted by atomic mass is 16.1. The van der Waals surface area contributed by atoms with Crippen molar-refractivity contribution < 1.29 is 4.79 Å². The minimum Gasteiger partial charge on any atom is -0.324 e. The van der Waals surface area contributed by atoms with Crippen LogP contribution in [0.3, 0.4) is 0 Å². The number of anilines is 1. The zero-order valence-electron chi connectivity index (χ0n) is 8.11. The fraction of sp³-hybridized carbons (Fsp3) is 0.200. The van der Waals surface area contributed by atoms with Gasteiger partial charge in [0.2, 0.25) is 5.91 Å². The third kappa shape index (κ3) is 1.46. The molecule has 0 atom stereocenters. The highest BCUT2D eigenvalue weighted by molar-refractivity contribution is 5.99. The van der Waals surface area contributed by atoms with E-state index >= 15 is 0 Å². The van der Waals surface area contributed by atoms with Gasteiger partial charge in [-0.2, -0.15) is 5.10 Å². The van der Waals surface area contributed by atoms with Gasteiger partial charge in [-0.3, -0.25) is 9.48 Å². The van der Waals surface area contributed by atoms with Crippen molar-refractivity contribution in [3.8, 4) is 0 Å². The molecule has 1 heterocycles. The second-order valence-electron chi connectivity index (χ2n) is 3.23. The minimum absolute atomic E-state index is 0.0804. The second kappa shape index (κ2) is 3.14. The average molecular weight is 189 g/mol. The van der Waals surface area contributed by atoms with Crippen LogP contribution in [-0.4, -0.2) is 15.7 Å². The Morgan fingerprint density at radius 2 is 2.29 bits per heavy atom. The van der Waals surface area contributed by atoms with Gasteiger partial charge in [-0.1, -0.05) is 12.1 Å². The maximum atomic E-state index is 10.9. The Kier molecular flexibility index (Phi) is 1.96. The van der Waals surface area contributed by atoms with Crippen LogP contribution in [0.1, 0.15) is 6.92 Å². The predicted octanol–water partition coefficient (Wildman–Crippen LogP) is 1.53. The maximum Gasteiger partial charge on any atom is 0.221 e. The summed E-state index contributed by atoms with van der Waals surface area (Å²) in [4.78, 5) is 10.9. The van der Waals surface area contributed by atoms with Gasteiger partial charge in [0.25, 0.3) is 0 Å². The summed E-state index contributed by atoms with van der Waals surface area (Å²) in [7, 11) is 1.86. The number of nitrogens with zero attached hydrogens (tertiary/aromatic N) is 2. The van der Waals surface area contributed by atoms with Gasteiger partial charge in [0.15, 0.2) is 0 Å². The number of amides is 1. The van der Waals surface area contributed by atoms with Crippen LogP contribution >= 0.6 is 0 Å². The smallest absolute Gasteiger partial charge is 0.221 e. The molecule has 72 valence electrons. The number of benzene rings is 1. The Morgan fingerprint density at radius 3 is 3.00 bits per heavy atom. The molecule has 2 rings (SSSR count). The van der Waals surface area contributed by atoms with Gasteiger partial charge in [-0.25, -0.2) is 0 Å². The van der Waals surface area contributed by atoms with Gasteiger partial charge in [-0.15, -0.1) is 0 Å². The molecule has 1 aromatic carbocycles. The number of rotatable bonds is 1. The van der Waals surface area contributed by atoms with Crippen molar-refractivity contribution in [2.24, 2.45) is 7.05 Å². The molecular weight excluding hydrogens is 178 g/mol. The lowest BCUT2D eigenvalue weighted by atomic mass is 10.2. The maximum absolute atomic E-state index is 10.9. The Balaban J connectivity index is 2.58. The van der Waals surface area contributed by atoms with Gasteiger partial charge < -0.3 is 5.32 Å². The molecule has 0 radical (unpaired) electrons. The van der Waals surface area contributed by atoms with E-state index < -0.39 is 0 Å². The summed E-state index contributed by atoms with van der Waals surface area (Å²) >= 11 is 0. The summed E-state index contributed by atoms with van der Waals surface area (Å²) < 4.78 is 1.73. The topological polar surface area (TPSA) is 46.9 Å². The van der Waals surface area contributed by atoms with Crippen LogP contribution in [0.15, 0.2) is 24.4 Å². The first-order chi connectivity index (χ1) is 6.66. The number of hydrogen-bond donors (Lipinski definition) is 1. The lowest BCUT2D eigenvalue weighted by Gasteiger charge is -2.01. The SMILES string of the molecule is CC(=O)Nc1cccc2cn(C)nc12. The van der Waals surface area contributed by atoms with Crippen LogP contribution in [-0.2, 0) is 11.8 Å². The standard InChI is InChI=1S/C10H11N3O/c1-7(14)11-9-5-3-4-8-6-13(2)12-10(8)9/h3-6H,1-2H3,(H,11,14). The zero-order chi connectivity index (χ0) is 10.1. The van der Waals surface area contributed by atoms with E-state index in [0.717, 1.165) is 16.6 Å². The van der Waals surface area contributed by atoms with Crippen LogP contribution in [0.2, 0.25) is 0 Å². The molecular formula is C10H11N3O. The summed E-state index contributed by atoms with van der Waals surface area (Å²) in [6.07, 6.45) is 1.92. The van der Waals surface area contributed by atoms with E-state index in [-0.39, 0.29) is 5.91 Å². The van der Waals surface area contributed by atoms with Crippen molar-refractivity contribution in [2.45, 2.75) is 6.92 Å². The third-order valence-corrected chi connectivity index (χ3v) is 1.96. The Hall–Kier alpha value is -1.84. The summed E-state index contributed by atoms with van der Waals surface area (Å²) in [5, 5.41) is 8.04. The molecule has 1 amide bonds. The molecule has 0 saturated heterocycles. The van der Waals surface area contributed by atoms with Crippen molar-refractivity contribution >= 4 is 22.5 Å². The first-order valence-corrected chi connectivity index (χ1v) is 4.37. The molecule has 0 aliphatic heterocycles. The second-order valence-corrected chi connectivity index (χ2v) is 3.23. The molecule has 0 bridgehead atoms. The fourth-order valence-electron chi connectivity index (χ4n) is 1.46. The van der Waals surface area contributed by atoms with Crippen LogP contribution in [0.25, 0.3) is 10.9 Å². The Labute approximate surface area is 81.5 Å². The number of hydrogen-bond acceptors (Lipinski definition) is 2. The number of fused-ring (bicyclic) bond motifs is 1. The summed E-state index contributed by atoms with van der Waals surface area (Å²) in [5.74, 6) is -0.0804. The summed E-state index contributed by atoms with van der Waals surface area (Å²) in [6, 6.07) is 5.71. The van der Waals surface area contributed by atoms with Crippen LogP contribution in [0, 0.1) is 0 Å². The van der Waals surface area contributed by atoms with E-state index in [1.807, 2.05) is 31.4 Å². The summed E-state index contributed by atoms with van der Waals surface area (Å²) in [6.45, 7) is 1.49. The van der Waals surface area contributed by atoms with Crippen molar-refractivity contribution in [3.05, 3.63) is 24.4 Å². The van der Waals surface area contributed by atoms with Crippen molar-refractivity contribution in [2.75, 3.05) is 5.32 Å². The molecule has 4 heteroatoms.